The summed E-state index contributed by atoms with van der Waals surface area (Å²) in [6.45, 7) is 3.11. The Hall–Kier alpha value is -3.75. The summed E-state index contributed by atoms with van der Waals surface area (Å²) in [5.74, 6) is -0.309. The first kappa shape index (κ1) is 26.3. The van der Waals surface area contributed by atoms with Gasteiger partial charge in [-0.05, 0) is 35.7 Å². The second kappa shape index (κ2) is 12.0. The molecule has 7 nitrogen and oxygen atoms in total. The molecule has 3 aromatic carbocycles. The molecule has 0 aliphatic carbocycles. The van der Waals surface area contributed by atoms with Crippen LogP contribution in [0.5, 0.6) is 0 Å². The van der Waals surface area contributed by atoms with E-state index in [1.807, 2.05) is 79.7 Å². The van der Waals surface area contributed by atoms with Crippen LogP contribution in [0, 0.1) is 6.92 Å². The van der Waals surface area contributed by atoms with Gasteiger partial charge in [0, 0.05) is 19.2 Å². The van der Waals surface area contributed by atoms with E-state index in [1.54, 1.807) is 34.9 Å². The van der Waals surface area contributed by atoms with E-state index in [-0.39, 0.29) is 23.4 Å². The highest BCUT2D eigenvalue weighted by Gasteiger charge is 2.26. The van der Waals surface area contributed by atoms with Crippen molar-refractivity contribution in [1.29, 1.82) is 0 Å². The first-order chi connectivity index (χ1) is 17.9. The number of rotatable bonds is 11. The molecule has 0 fully saturated rings. The van der Waals surface area contributed by atoms with Crippen LogP contribution in [0.1, 0.15) is 32.7 Å². The minimum atomic E-state index is -3.77. The van der Waals surface area contributed by atoms with Crippen molar-refractivity contribution in [3.8, 4) is 0 Å². The summed E-state index contributed by atoms with van der Waals surface area (Å²) >= 11 is 0. The van der Waals surface area contributed by atoms with E-state index in [1.165, 1.54) is 0 Å². The lowest BCUT2D eigenvalue weighted by Gasteiger charge is -2.23. The van der Waals surface area contributed by atoms with Crippen LogP contribution >= 0.6 is 0 Å². The number of hydrogen-bond acceptors (Lipinski definition) is 5. The maximum atomic E-state index is 13.6. The van der Waals surface area contributed by atoms with Gasteiger partial charge in [0.05, 0.1) is 37.3 Å². The third kappa shape index (κ3) is 6.53. The van der Waals surface area contributed by atoms with Gasteiger partial charge in [0.15, 0.2) is 0 Å². The van der Waals surface area contributed by atoms with Crippen LogP contribution in [0.2, 0.25) is 0 Å². The number of ether oxygens (including phenoxy) is 1. The van der Waals surface area contributed by atoms with Crippen LogP contribution in [0.4, 0.5) is 0 Å². The summed E-state index contributed by atoms with van der Waals surface area (Å²) < 4.78 is 34.2. The Kier molecular flexibility index (Phi) is 8.53. The molecule has 0 unspecified atom stereocenters. The second-order valence-electron chi connectivity index (χ2n) is 8.87. The van der Waals surface area contributed by atoms with Crippen molar-refractivity contribution in [2.45, 2.75) is 30.9 Å². The van der Waals surface area contributed by atoms with E-state index in [9.17, 15) is 13.2 Å². The van der Waals surface area contributed by atoms with Crippen LogP contribution < -0.4 is 0 Å². The lowest BCUT2D eigenvalue weighted by atomic mass is 10.1. The second-order valence-corrected chi connectivity index (χ2v) is 10.8. The number of benzene rings is 3. The summed E-state index contributed by atoms with van der Waals surface area (Å²) in [7, 11) is -2.18. The molecule has 0 spiro atoms. The molecular formula is C29H31N3O4S. The Balaban J connectivity index is 1.72. The summed E-state index contributed by atoms with van der Waals surface area (Å²) in [6.07, 6.45) is 1.56. The van der Waals surface area contributed by atoms with E-state index in [0.29, 0.717) is 31.0 Å². The number of carbonyl (C=O) groups is 1. The lowest BCUT2D eigenvalue weighted by Crippen LogP contribution is -2.34. The van der Waals surface area contributed by atoms with Gasteiger partial charge in [0.2, 0.25) is 15.0 Å². The minimum Gasteiger partial charge on any atom is -0.383 e. The topological polar surface area (TPSA) is 81.5 Å². The monoisotopic (exact) mass is 517 g/mol. The molecule has 0 saturated heterocycles. The molecule has 1 heterocycles. The first-order valence-corrected chi connectivity index (χ1v) is 13.7. The summed E-state index contributed by atoms with van der Waals surface area (Å²) in [5, 5.41) is -0.00606. The molecule has 0 aliphatic heterocycles. The molecule has 0 aliphatic rings. The largest absolute Gasteiger partial charge is 0.383 e. The van der Waals surface area contributed by atoms with Gasteiger partial charge in [0.1, 0.15) is 0 Å². The van der Waals surface area contributed by atoms with Gasteiger partial charge in [-0.2, -0.15) is 0 Å². The van der Waals surface area contributed by atoms with Crippen molar-refractivity contribution < 1.29 is 17.9 Å². The molecule has 0 bridgehead atoms. The van der Waals surface area contributed by atoms with Crippen molar-refractivity contribution in [1.82, 2.24) is 14.5 Å². The van der Waals surface area contributed by atoms with Crippen molar-refractivity contribution in [3.63, 3.8) is 0 Å². The quantitative estimate of drug-likeness (QED) is 0.293. The SMILES string of the molecule is COCCN(Cc1cnc(S(=O)(=O)Cc2ccccc2C)n1Cc1ccccc1)C(=O)c1ccccc1. The minimum absolute atomic E-state index is 0.00606. The molecule has 0 radical (unpaired) electrons. The van der Waals surface area contributed by atoms with Gasteiger partial charge in [0.25, 0.3) is 5.91 Å². The standard InChI is InChI=1S/C29H31N3O4S/c1-23-11-9-10-16-26(23)22-37(34,35)29-30-19-27(32(29)20-24-12-5-3-6-13-24)21-31(17-18-36-2)28(33)25-14-7-4-8-15-25/h3-16,19H,17-18,20-22H2,1-2H3. The number of aryl methyl sites for hydroxylation is 1. The summed E-state index contributed by atoms with van der Waals surface area (Å²) in [4.78, 5) is 19.4. The summed E-state index contributed by atoms with van der Waals surface area (Å²) in [5.41, 5.74) is 3.77. The third-order valence-corrected chi connectivity index (χ3v) is 7.77. The number of sulfone groups is 1. The highest BCUT2D eigenvalue weighted by Crippen LogP contribution is 2.22. The van der Waals surface area contributed by atoms with Crippen LogP contribution in [0.15, 0.2) is 96.3 Å². The van der Waals surface area contributed by atoms with E-state index >= 15 is 0 Å². The summed E-state index contributed by atoms with van der Waals surface area (Å²) in [6, 6.07) is 26.1. The third-order valence-electron chi connectivity index (χ3n) is 6.20. The molecule has 192 valence electrons. The number of carbonyl (C=O) groups excluding carboxylic acids is 1. The van der Waals surface area contributed by atoms with Gasteiger partial charge in [-0.1, -0.05) is 72.8 Å². The molecule has 0 atom stereocenters. The average molecular weight is 518 g/mol. The molecule has 37 heavy (non-hydrogen) atoms. The number of hydrogen-bond donors (Lipinski definition) is 0. The van der Waals surface area contributed by atoms with Crippen molar-refractivity contribution >= 4 is 15.7 Å². The smallest absolute Gasteiger partial charge is 0.254 e. The molecule has 0 saturated carbocycles. The highest BCUT2D eigenvalue weighted by atomic mass is 32.2. The molecule has 1 aromatic heterocycles. The van der Waals surface area contributed by atoms with Gasteiger partial charge in [-0.3, -0.25) is 4.79 Å². The Bertz CT molecular complexity index is 1430. The molecule has 8 heteroatoms. The maximum absolute atomic E-state index is 13.6. The van der Waals surface area contributed by atoms with Gasteiger partial charge < -0.3 is 14.2 Å². The zero-order chi connectivity index (χ0) is 26.3. The van der Waals surface area contributed by atoms with E-state index < -0.39 is 9.84 Å². The fourth-order valence-electron chi connectivity index (χ4n) is 4.16. The van der Waals surface area contributed by atoms with Crippen LogP contribution in [-0.2, 0) is 33.4 Å². The maximum Gasteiger partial charge on any atom is 0.254 e. The molecular weight excluding hydrogens is 486 g/mol. The van der Waals surface area contributed by atoms with Crippen LogP contribution in [-0.4, -0.2) is 49.0 Å². The number of nitrogens with zero attached hydrogens (tertiary/aromatic N) is 3. The fourth-order valence-corrected chi connectivity index (χ4v) is 5.75. The normalized spacial score (nSPS) is 11.4. The van der Waals surface area contributed by atoms with Gasteiger partial charge in [-0.25, -0.2) is 13.4 Å². The Labute approximate surface area is 218 Å². The van der Waals surface area contributed by atoms with Crippen molar-refractivity contribution in [3.05, 3.63) is 119 Å². The van der Waals surface area contributed by atoms with Crippen molar-refractivity contribution in [2.24, 2.45) is 0 Å². The van der Waals surface area contributed by atoms with E-state index in [0.717, 1.165) is 16.7 Å². The first-order valence-electron chi connectivity index (χ1n) is 12.1. The van der Waals surface area contributed by atoms with E-state index in [2.05, 4.69) is 4.98 Å². The van der Waals surface area contributed by atoms with Crippen LogP contribution in [0.25, 0.3) is 0 Å². The van der Waals surface area contributed by atoms with Crippen molar-refractivity contribution in [2.75, 3.05) is 20.3 Å². The van der Waals surface area contributed by atoms with Gasteiger partial charge >= 0.3 is 0 Å². The highest BCUT2D eigenvalue weighted by molar-refractivity contribution is 7.90. The predicted octanol–water partition coefficient (Wildman–Crippen LogP) is 4.50. The number of aromatic nitrogens is 2. The Morgan fingerprint density at radius 2 is 1.59 bits per heavy atom. The number of amides is 1. The zero-order valence-electron chi connectivity index (χ0n) is 21.1. The number of methoxy groups -OCH3 is 1. The fraction of sp³-hybridized carbons (Fsp3) is 0.241. The lowest BCUT2D eigenvalue weighted by molar-refractivity contribution is 0.0675. The van der Waals surface area contributed by atoms with Crippen LogP contribution in [0.3, 0.4) is 0 Å². The Morgan fingerprint density at radius 3 is 2.27 bits per heavy atom. The molecule has 4 aromatic rings. The van der Waals surface area contributed by atoms with Gasteiger partial charge in [-0.15, -0.1) is 0 Å². The molecule has 0 N–H and O–H groups in total. The Morgan fingerprint density at radius 1 is 0.946 bits per heavy atom. The van der Waals surface area contributed by atoms with E-state index in [4.69, 9.17) is 4.74 Å². The molecule has 1 amide bonds. The number of imidazole rings is 1. The zero-order valence-corrected chi connectivity index (χ0v) is 21.9. The molecule has 4 rings (SSSR count). The average Bonchev–Trinajstić information content (AvgIpc) is 3.31. The predicted molar refractivity (Wildman–Crippen MR) is 143 cm³/mol.